The maximum absolute atomic E-state index is 14.4. The number of hydrogen-bond donors (Lipinski definition) is 2. The summed E-state index contributed by atoms with van der Waals surface area (Å²) in [4.78, 5) is 32.4. The molecule has 170 valence electrons. The lowest BCUT2D eigenvalue weighted by Crippen LogP contribution is -2.32. The molecule has 1 amide bonds. The van der Waals surface area contributed by atoms with Crippen LogP contribution in [0.3, 0.4) is 0 Å². The van der Waals surface area contributed by atoms with Crippen molar-refractivity contribution in [1.29, 1.82) is 0 Å². The standard InChI is InChI=1S/C20H18F4N4O4/c1-31-15(25)7-13(29)19(30)28-18-16(11-6-10(21)2-3-12(11)22)26-9-27-17(18)14-4-5-20(23,24)8-32-14/h2-3,6-7,9,14H,4-5,8,25H2,1H3,(H,28,30). The topological polar surface area (TPSA) is 116 Å². The molecule has 12 heteroatoms. The van der Waals surface area contributed by atoms with Crippen LogP contribution in [0.2, 0.25) is 0 Å². The third-order valence-electron chi connectivity index (χ3n) is 4.60. The molecule has 0 spiro atoms. The average Bonchev–Trinajstić information content (AvgIpc) is 2.75. The number of methoxy groups -OCH3 is 1. The Hall–Kier alpha value is -3.54. The summed E-state index contributed by atoms with van der Waals surface area (Å²) in [5, 5.41) is 2.25. The number of carbonyl (C=O) groups is 2. The van der Waals surface area contributed by atoms with Gasteiger partial charge in [0.25, 0.3) is 11.8 Å². The fraction of sp³-hybridized carbons (Fsp3) is 0.300. The van der Waals surface area contributed by atoms with E-state index in [9.17, 15) is 27.2 Å². The summed E-state index contributed by atoms with van der Waals surface area (Å²) in [6.07, 6.45) is -0.0182. The highest BCUT2D eigenvalue weighted by Crippen LogP contribution is 2.40. The Morgan fingerprint density at radius 3 is 2.72 bits per heavy atom. The summed E-state index contributed by atoms with van der Waals surface area (Å²) in [5.41, 5.74) is 4.40. The van der Waals surface area contributed by atoms with E-state index >= 15 is 0 Å². The number of amides is 1. The molecule has 1 saturated heterocycles. The maximum Gasteiger partial charge on any atom is 0.296 e. The largest absolute Gasteiger partial charge is 0.483 e. The highest BCUT2D eigenvalue weighted by molar-refractivity contribution is 6.44. The lowest BCUT2D eigenvalue weighted by molar-refractivity contribution is -0.146. The molecule has 0 saturated carbocycles. The van der Waals surface area contributed by atoms with Crippen LogP contribution in [0.1, 0.15) is 24.6 Å². The van der Waals surface area contributed by atoms with E-state index in [-0.39, 0.29) is 34.9 Å². The van der Waals surface area contributed by atoms with Crippen molar-refractivity contribution in [2.75, 3.05) is 19.0 Å². The van der Waals surface area contributed by atoms with E-state index in [2.05, 4.69) is 20.0 Å². The fourth-order valence-electron chi connectivity index (χ4n) is 3.01. The summed E-state index contributed by atoms with van der Waals surface area (Å²) in [6, 6.07) is 2.56. The third-order valence-corrected chi connectivity index (χ3v) is 4.60. The molecule has 2 heterocycles. The third kappa shape index (κ3) is 5.19. The second-order valence-electron chi connectivity index (χ2n) is 6.87. The minimum Gasteiger partial charge on any atom is -0.483 e. The fourth-order valence-corrected chi connectivity index (χ4v) is 3.01. The highest BCUT2D eigenvalue weighted by atomic mass is 19.3. The highest BCUT2D eigenvalue weighted by Gasteiger charge is 2.38. The molecule has 32 heavy (non-hydrogen) atoms. The van der Waals surface area contributed by atoms with Crippen molar-refractivity contribution in [3.63, 3.8) is 0 Å². The number of ketones is 1. The van der Waals surface area contributed by atoms with Gasteiger partial charge in [-0.25, -0.2) is 27.5 Å². The number of halogens is 4. The predicted octanol–water partition coefficient (Wildman–Crippen LogP) is 2.86. The van der Waals surface area contributed by atoms with Crippen LogP contribution in [-0.4, -0.2) is 41.3 Å². The van der Waals surface area contributed by atoms with E-state index < -0.39 is 48.4 Å². The van der Waals surface area contributed by atoms with Crippen molar-refractivity contribution < 1.29 is 36.6 Å². The van der Waals surface area contributed by atoms with Crippen molar-refractivity contribution >= 4 is 17.4 Å². The van der Waals surface area contributed by atoms with Crippen LogP contribution < -0.4 is 11.1 Å². The zero-order valence-corrected chi connectivity index (χ0v) is 16.7. The Labute approximate surface area is 179 Å². The normalized spacial score (nSPS) is 18.2. The lowest BCUT2D eigenvalue weighted by Gasteiger charge is -2.29. The summed E-state index contributed by atoms with van der Waals surface area (Å²) < 4.78 is 65.1. The first-order valence-electron chi connectivity index (χ1n) is 9.27. The Kier molecular flexibility index (Phi) is 6.72. The van der Waals surface area contributed by atoms with Crippen LogP contribution >= 0.6 is 0 Å². The van der Waals surface area contributed by atoms with Crippen molar-refractivity contribution in [3.05, 3.63) is 53.8 Å². The van der Waals surface area contributed by atoms with E-state index in [1.807, 2.05) is 0 Å². The number of nitrogens with one attached hydrogen (secondary N) is 1. The molecule has 1 atom stereocenters. The van der Waals surface area contributed by atoms with Crippen molar-refractivity contribution in [1.82, 2.24) is 9.97 Å². The molecule has 1 aliphatic heterocycles. The first-order valence-corrected chi connectivity index (χ1v) is 9.27. The van der Waals surface area contributed by atoms with E-state index in [1.54, 1.807) is 0 Å². The number of nitrogens with zero attached hydrogens (tertiary/aromatic N) is 2. The first kappa shape index (κ1) is 23.1. The van der Waals surface area contributed by atoms with E-state index in [1.165, 1.54) is 7.11 Å². The van der Waals surface area contributed by atoms with Crippen LogP contribution in [0.25, 0.3) is 11.3 Å². The molecular formula is C20H18F4N4O4. The number of rotatable bonds is 6. The van der Waals surface area contributed by atoms with Gasteiger partial charge in [-0.05, 0) is 24.6 Å². The van der Waals surface area contributed by atoms with Crippen LogP contribution in [0.4, 0.5) is 23.2 Å². The number of nitrogens with two attached hydrogens (primary N) is 1. The SMILES string of the molecule is COC(N)=CC(=O)C(=O)Nc1c(-c2cc(F)ccc2F)ncnc1C1CCC(F)(F)CO1. The molecule has 1 fully saturated rings. The van der Waals surface area contributed by atoms with Crippen LogP contribution in [-0.2, 0) is 19.1 Å². The number of anilines is 1. The zero-order chi connectivity index (χ0) is 23.5. The molecule has 2 aromatic rings. The Bertz CT molecular complexity index is 1070. The molecule has 1 unspecified atom stereocenters. The van der Waals surface area contributed by atoms with Gasteiger partial charge < -0.3 is 20.5 Å². The molecule has 1 aliphatic rings. The second kappa shape index (κ2) is 9.30. The number of ether oxygens (including phenoxy) is 2. The molecule has 3 N–H and O–H groups in total. The predicted molar refractivity (Wildman–Crippen MR) is 103 cm³/mol. The van der Waals surface area contributed by atoms with Crippen LogP contribution in [0.5, 0.6) is 0 Å². The van der Waals surface area contributed by atoms with Crippen molar-refractivity contribution in [2.45, 2.75) is 24.9 Å². The van der Waals surface area contributed by atoms with Gasteiger partial charge in [-0.1, -0.05) is 0 Å². The molecule has 3 rings (SSSR count). The number of aromatic nitrogens is 2. The van der Waals surface area contributed by atoms with Crippen LogP contribution in [0.15, 0.2) is 36.5 Å². The monoisotopic (exact) mass is 454 g/mol. The molecule has 8 nitrogen and oxygen atoms in total. The minimum atomic E-state index is -3.04. The molecule has 0 radical (unpaired) electrons. The summed E-state index contributed by atoms with van der Waals surface area (Å²) in [6.45, 7) is -0.898. The quantitative estimate of drug-likeness (QED) is 0.298. The molecule has 1 aromatic carbocycles. The molecular weight excluding hydrogens is 436 g/mol. The van der Waals surface area contributed by atoms with E-state index in [0.29, 0.717) is 6.08 Å². The van der Waals surface area contributed by atoms with Crippen LogP contribution in [0, 0.1) is 11.6 Å². The summed E-state index contributed by atoms with van der Waals surface area (Å²) in [7, 11) is 1.18. The minimum absolute atomic E-state index is 0.0704. The first-order chi connectivity index (χ1) is 15.1. The number of alkyl halides is 2. The van der Waals surface area contributed by atoms with E-state index in [4.69, 9.17) is 10.5 Å². The Balaban J connectivity index is 2.07. The Morgan fingerprint density at radius 1 is 1.31 bits per heavy atom. The second-order valence-corrected chi connectivity index (χ2v) is 6.87. The number of benzene rings is 1. The van der Waals surface area contributed by atoms with Gasteiger partial charge in [0.1, 0.15) is 36.4 Å². The van der Waals surface area contributed by atoms with Gasteiger partial charge in [0, 0.05) is 12.0 Å². The van der Waals surface area contributed by atoms with Gasteiger partial charge in [0.05, 0.1) is 24.6 Å². The maximum atomic E-state index is 14.4. The lowest BCUT2D eigenvalue weighted by atomic mass is 10.00. The van der Waals surface area contributed by atoms with Gasteiger partial charge >= 0.3 is 0 Å². The van der Waals surface area contributed by atoms with Crippen molar-refractivity contribution in [2.24, 2.45) is 5.73 Å². The smallest absolute Gasteiger partial charge is 0.296 e. The molecule has 0 aliphatic carbocycles. The zero-order valence-electron chi connectivity index (χ0n) is 16.7. The van der Waals surface area contributed by atoms with E-state index in [0.717, 1.165) is 24.5 Å². The number of hydrogen-bond acceptors (Lipinski definition) is 7. The van der Waals surface area contributed by atoms with Crippen molar-refractivity contribution in [3.8, 4) is 11.3 Å². The summed E-state index contributed by atoms with van der Waals surface area (Å²) in [5.74, 6) is -7.40. The van der Waals surface area contributed by atoms with Gasteiger partial charge in [-0.2, -0.15) is 0 Å². The molecule has 0 bridgehead atoms. The molecule has 1 aromatic heterocycles. The average molecular weight is 454 g/mol. The van der Waals surface area contributed by atoms with Gasteiger partial charge in [0.15, 0.2) is 5.88 Å². The van der Waals surface area contributed by atoms with Gasteiger partial charge in [0.2, 0.25) is 5.78 Å². The summed E-state index contributed by atoms with van der Waals surface area (Å²) >= 11 is 0. The Morgan fingerprint density at radius 2 is 2.06 bits per heavy atom. The van der Waals surface area contributed by atoms with Gasteiger partial charge in [-0.15, -0.1) is 0 Å². The van der Waals surface area contributed by atoms with Gasteiger partial charge in [-0.3, -0.25) is 9.59 Å². The number of carbonyl (C=O) groups excluding carboxylic acids is 2.